The summed E-state index contributed by atoms with van der Waals surface area (Å²) in [5.74, 6) is -11.1. The maximum absolute atomic E-state index is 15.7. The van der Waals surface area contributed by atoms with E-state index in [9.17, 15) is 49.2 Å². The van der Waals surface area contributed by atoms with E-state index in [4.69, 9.17) is 28.4 Å². The molecule has 0 aromatic heterocycles. The van der Waals surface area contributed by atoms with Crippen molar-refractivity contribution < 1.29 is 117 Å². The molecule has 1 amide bonds. The van der Waals surface area contributed by atoms with Crippen LogP contribution in [-0.4, -0.2) is 123 Å². The predicted molar refractivity (Wildman–Crippen MR) is 237 cm³/mol. The topological polar surface area (TPSA) is 288 Å². The first-order chi connectivity index (χ1) is 33.0. The molecule has 1 heterocycles. The SMILES string of the molecule is CC(=O)O[C@H]1C(=O)[C@@]2(C)[C@H]([C@H](OC(=O)c3ccccc3)[C@]3(O)C[C@H](OC(=O)[C@H](OC(=O)C[C@H](O)C(=O)[O-])[C@@H](NC(=O)c4ccccc4)c4ccccc4)C(C)=C1C3(C)C)[C@]1(OC(C)=O)CO[C@@H]1C[C@@H]2O.[Na+]. The van der Waals surface area contributed by atoms with Gasteiger partial charge in [-0.2, -0.15) is 0 Å². The molecule has 12 atom stereocenters. The number of hydrogen-bond acceptors (Lipinski definition) is 18. The van der Waals surface area contributed by atoms with Crippen LogP contribution >= 0.6 is 0 Å². The van der Waals surface area contributed by atoms with Crippen LogP contribution in [-0.2, 0) is 57.2 Å². The number of aliphatic hydroxyl groups is 3. The van der Waals surface area contributed by atoms with Crippen LogP contribution in [0, 0.1) is 16.7 Å². The number of amides is 1. The molecule has 4 aliphatic rings. The van der Waals surface area contributed by atoms with E-state index in [1.54, 1.807) is 54.6 Å². The van der Waals surface area contributed by atoms with Crippen LogP contribution in [0.1, 0.15) is 93.1 Å². The molecular formula is C51H54NNaO18. The van der Waals surface area contributed by atoms with Gasteiger partial charge in [-0.25, -0.2) is 9.59 Å². The summed E-state index contributed by atoms with van der Waals surface area (Å²) in [4.78, 5) is 110. The number of ketones is 1. The van der Waals surface area contributed by atoms with E-state index in [2.05, 4.69) is 5.32 Å². The molecule has 3 aromatic carbocycles. The van der Waals surface area contributed by atoms with Crippen molar-refractivity contribution in [3.05, 3.63) is 119 Å². The summed E-state index contributed by atoms with van der Waals surface area (Å²) in [6.07, 6.45) is -15.1. The van der Waals surface area contributed by atoms with Gasteiger partial charge >= 0.3 is 59.4 Å². The Morgan fingerprint density at radius 3 is 1.96 bits per heavy atom. The normalized spacial score (nSPS) is 29.5. The Balaban J connectivity index is 0.00000825. The van der Waals surface area contributed by atoms with Crippen LogP contribution in [0.25, 0.3) is 0 Å². The number of carbonyl (C=O) groups is 8. The maximum Gasteiger partial charge on any atom is 1.00 e. The van der Waals surface area contributed by atoms with Gasteiger partial charge in [0.25, 0.3) is 5.91 Å². The van der Waals surface area contributed by atoms with Crippen LogP contribution in [0.3, 0.4) is 0 Å². The molecule has 0 unspecified atom stereocenters. The van der Waals surface area contributed by atoms with E-state index in [-0.39, 0.29) is 70.4 Å². The van der Waals surface area contributed by atoms with Crippen LogP contribution in [0.2, 0.25) is 0 Å². The Bertz CT molecular complexity index is 2590. The number of fused-ring (bicyclic) bond motifs is 5. The zero-order chi connectivity index (χ0) is 51.1. The Labute approximate surface area is 430 Å². The fourth-order valence-electron chi connectivity index (χ4n) is 10.7. The van der Waals surface area contributed by atoms with E-state index in [1.165, 1.54) is 64.1 Å². The number of carbonyl (C=O) groups excluding carboxylic acids is 8. The van der Waals surface area contributed by atoms with E-state index in [1.807, 2.05) is 0 Å². The quantitative estimate of drug-likeness (QED) is 0.0638. The minimum Gasteiger partial charge on any atom is -0.547 e. The fraction of sp³-hybridized carbons (Fsp3) is 0.451. The largest absolute Gasteiger partial charge is 1.00 e. The third kappa shape index (κ3) is 10.1. The molecule has 1 aliphatic heterocycles. The first kappa shape index (κ1) is 54.5. The molecule has 7 rings (SSSR count). The number of rotatable bonds is 14. The van der Waals surface area contributed by atoms with Crippen molar-refractivity contribution in [3.8, 4) is 0 Å². The van der Waals surface area contributed by atoms with Gasteiger partial charge in [0.2, 0.25) is 6.10 Å². The molecule has 4 N–H and O–H groups in total. The molecule has 71 heavy (non-hydrogen) atoms. The standard InChI is InChI=1S/C51H55NO18.Na/c1-26-33(67-47(63)40(68-36(57)22-32(55)45(60)61)38(29-16-10-7-11-17-29)52-44(59)30-18-12-8-13-19-30)24-51(64)43(69-46(62)31-20-14-9-15-21-31)41-49(6,34(56)23-35-50(41,25-65-35)70-28(3)54)42(58)39(66-27(2)53)37(26)48(51,4)5;/h7-21,32-35,38-41,43,55-56,64H,22-25H2,1-6H3,(H,52,59)(H,60,61);/q;+1/p-1/t32-,33-,34-,35+,38-,39+,40+,41-,43-,49+,50-,51+;/m0./s1. The maximum atomic E-state index is 15.7. The molecule has 3 aliphatic carbocycles. The molecule has 3 fully saturated rings. The number of Topliss-reactive ketones (excluding diaryl/α,β-unsaturated/α-hetero) is 1. The number of aliphatic carboxylic acids is 1. The summed E-state index contributed by atoms with van der Waals surface area (Å²) in [7, 11) is 0. The summed E-state index contributed by atoms with van der Waals surface area (Å²) in [5.41, 5.74) is -8.14. The number of hydrogen-bond donors (Lipinski definition) is 4. The van der Waals surface area contributed by atoms with Crippen molar-refractivity contribution in [1.29, 1.82) is 0 Å². The smallest absolute Gasteiger partial charge is 0.547 e. The molecule has 1 saturated heterocycles. The molecule has 19 nitrogen and oxygen atoms in total. The van der Waals surface area contributed by atoms with Gasteiger partial charge in [0.15, 0.2) is 17.5 Å². The first-order valence-electron chi connectivity index (χ1n) is 22.6. The van der Waals surface area contributed by atoms with Crippen LogP contribution in [0.4, 0.5) is 0 Å². The fourth-order valence-corrected chi connectivity index (χ4v) is 10.7. The summed E-state index contributed by atoms with van der Waals surface area (Å²) >= 11 is 0. The van der Waals surface area contributed by atoms with Crippen LogP contribution < -0.4 is 40.0 Å². The van der Waals surface area contributed by atoms with Crippen LogP contribution in [0.15, 0.2) is 102 Å². The summed E-state index contributed by atoms with van der Waals surface area (Å²) in [6, 6.07) is 21.5. The van der Waals surface area contributed by atoms with E-state index in [0.717, 1.165) is 13.8 Å². The Morgan fingerprint density at radius 1 is 0.845 bits per heavy atom. The monoisotopic (exact) mass is 991 g/mol. The van der Waals surface area contributed by atoms with E-state index < -0.39 is 137 Å². The van der Waals surface area contributed by atoms with Crippen LogP contribution in [0.5, 0.6) is 0 Å². The van der Waals surface area contributed by atoms with Gasteiger partial charge in [-0.1, -0.05) is 80.6 Å². The summed E-state index contributed by atoms with van der Waals surface area (Å²) < 4.78 is 36.1. The van der Waals surface area contributed by atoms with Gasteiger partial charge in [0.05, 0.1) is 42.0 Å². The third-order valence-electron chi connectivity index (χ3n) is 14.3. The zero-order valence-electron chi connectivity index (χ0n) is 40.2. The molecule has 3 aromatic rings. The number of esters is 5. The molecule has 0 spiro atoms. The zero-order valence-corrected chi connectivity index (χ0v) is 42.2. The van der Waals surface area contributed by atoms with E-state index >= 15 is 9.59 Å². The second-order valence-electron chi connectivity index (χ2n) is 18.9. The van der Waals surface area contributed by atoms with Gasteiger partial charge in [-0.15, -0.1) is 0 Å². The predicted octanol–water partition coefficient (Wildman–Crippen LogP) is -1.21. The number of nitrogens with one attached hydrogen (secondary N) is 1. The minimum absolute atomic E-state index is 0. The Kier molecular flexibility index (Phi) is 16.2. The van der Waals surface area contributed by atoms with Gasteiger partial charge in [-0.05, 0) is 54.8 Å². The number of carboxylic acid groups (broad SMARTS) is 1. The van der Waals surface area contributed by atoms with Crippen molar-refractivity contribution in [1.82, 2.24) is 5.32 Å². The van der Waals surface area contributed by atoms with Crippen molar-refractivity contribution in [2.45, 2.75) is 121 Å². The Morgan fingerprint density at radius 2 is 1.42 bits per heavy atom. The summed E-state index contributed by atoms with van der Waals surface area (Å²) in [5, 5.41) is 50.3. The van der Waals surface area contributed by atoms with Gasteiger partial charge in [0.1, 0.15) is 36.1 Å². The number of carboxylic acids is 1. The number of aliphatic hydroxyl groups excluding tert-OH is 2. The third-order valence-corrected chi connectivity index (χ3v) is 14.3. The molecule has 2 saturated carbocycles. The molecule has 0 radical (unpaired) electrons. The minimum atomic E-state index is -2.54. The van der Waals surface area contributed by atoms with Crippen molar-refractivity contribution in [2.75, 3.05) is 6.61 Å². The first-order valence-corrected chi connectivity index (χ1v) is 22.6. The van der Waals surface area contributed by atoms with Gasteiger partial charge in [0, 0.05) is 37.7 Å². The second kappa shape index (κ2) is 21.1. The second-order valence-corrected chi connectivity index (χ2v) is 18.9. The average Bonchev–Trinajstić information content (AvgIpc) is 3.31. The molecule has 20 heteroatoms. The average molecular weight is 992 g/mol. The Hall–Kier alpha value is -5.80. The summed E-state index contributed by atoms with van der Waals surface area (Å²) in [6.45, 7) is 7.51. The molecule has 372 valence electrons. The number of benzene rings is 3. The van der Waals surface area contributed by atoms with Crippen molar-refractivity contribution in [2.24, 2.45) is 16.7 Å². The van der Waals surface area contributed by atoms with Gasteiger partial charge in [-0.3, -0.25) is 24.0 Å². The van der Waals surface area contributed by atoms with E-state index in [0.29, 0.717) is 0 Å². The number of ether oxygens (including phenoxy) is 6. The molecular weight excluding hydrogens is 938 g/mol. The van der Waals surface area contributed by atoms with Crippen molar-refractivity contribution in [3.63, 3.8) is 0 Å². The van der Waals surface area contributed by atoms with Crippen molar-refractivity contribution >= 4 is 47.5 Å². The molecule has 2 bridgehead atoms. The van der Waals surface area contributed by atoms with Gasteiger partial charge < -0.3 is 59.0 Å².